The van der Waals surface area contributed by atoms with Crippen LogP contribution in [0.5, 0.6) is 0 Å². The Morgan fingerprint density at radius 2 is 2.00 bits per heavy atom. The maximum Gasteiger partial charge on any atom is 0.327 e. The quantitative estimate of drug-likeness (QED) is 0.814. The second-order valence-corrected chi connectivity index (χ2v) is 6.74. The van der Waals surface area contributed by atoms with Gasteiger partial charge in [0.1, 0.15) is 6.04 Å². The van der Waals surface area contributed by atoms with E-state index in [1.165, 1.54) is 16.7 Å². The molecule has 3 unspecified atom stereocenters. The molecular formula is C13H22N2O3S. The molecule has 1 heterocycles. The SMILES string of the molecule is CC1CCC(NC(=O)N2CSC[C@H]2C(=O)O)CC1C. The summed E-state index contributed by atoms with van der Waals surface area (Å²) in [6.45, 7) is 4.47. The lowest BCUT2D eigenvalue weighted by molar-refractivity contribution is -0.140. The maximum absolute atomic E-state index is 12.2. The van der Waals surface area contributed by atoms with Gasteiger partial charge in [0.25, 0.3) is 0 Å². The molecule has 0 aromatic carbocycles. The van der Waals surface area contributed by atoms with Crippen LogP contribution in [-0.4, -0.2) is 45.7 Å². The lowest BCUT2D eigenvalue weighted by Gasteiger charge is -2.33. The van der Waals surface area contributed by atoms with Crippen LogP contribution in [0.4, 0.5) is 4.79 Å². The number of nitrogens with zero attached hydrogens (tertiary/aromatic N) is 1. The van der Waals surface area contributed by atoms with Crippen molar-refractivity contribution in [2.45, 2.75) is 45.2 Å². The molecule has 0 radical (unpaired) electrons. The standard InChI is InChI=1S/C13H22N2O3S/c1-8-3-4-10(5-9(8)2)14-13(18)15-7-19-6-11(15)12(16)17/h8-11H,3-7H2,1-2H3,(H,14,18)(H,16,17)/t8?,9?,10?,11-/m0/s1. The molecule has 0 aromatic rings. The fourth-order valence-electron chi connectivity index (χ4n) is 2.78. The highest BCUT2D eigenvalue weighted by Crippen LogP contribution is 2.29. The average Bonchev–Trinajstić information content (AvgIpc) is 2.83. The highest BCUT2D eigenvalue weighted by molar-refractivity contribution is 7.99. The van der Waals surface area contributed by atoms with E-state index in [2.05, 4.69) is 19.2 Å². The monoisotopic (exact) mass is 286 g/mol. The van der Waals surface area contributed by atoms with Crippen molar-refractivity contribution in [3.05, 3.63) is 0 Å². The maximum atomic E-state index is 12.2. The van der Waals surface area contributed by atoms with E-state index in [4.69, 9.17) is 5.11 Å². The van der Waals surface area contributed by atoms with Gasteiger partial charge < -0.3 is 15.3 Å². The van der Waals surface area contributed by atoms with E-state index in [9.17, 15) is 9.59 Å². The summed E-state index contributed by atoms with van der Waals surface area (Å²) in [5.41, 5.74) is 0. The van der Waals surface area contributed by atoms with Crippen molar-refractivity contribution in [3.8, 4) is 0 Å². The van der Waals surface area contributed by atoms with Crippen LogP contribution in [0.1, 0.15) is 33.1 Å². The lowest BCUT2D eigenvalue weighted by Crippen LogP contribution is -2.50. The first-order chi connectivity index (χ1) is 8.99. The third kappa shape index (κ3) is 3.35. The summed E-state index contributed by atoms with van der Waals surface area (Å²) < 4.78 is 0. The summed E-state index contributed by atoms with van der Waals surface area (Å²) in [7, 11) is 0. The van der Waals surface area contributed by atoms with Gasteiger partial charge in [-0.1, -0.05) is 13.8 Å². The topological polar surface area (TPSA) is 69.6 Å². The zero-order valence-electron chi connectivity index (χ0n) is 11.5. The minimum atomic E-state index is -0.911. The van der Waals surface area contributed by atoms with Gasteiger partial charge in [0, 0.05) is 11.8 Å². The third-order valence-electron chi connectivity index (χ3n) is 4.35. The van der Waals surface area contributed by atoms with Crippen molar-refractivity contribution in [2.24, 2.45) is 11.8 Å². The van der Waals surface area contributed by atoms with Crippen LogP contribution in [0, 0.1) is 11.8 Å². The van der Waals surface area contributed by atoms with Gasteiger partial charge in [-0.15, -0.1) is 11.8 Å². The molecule has 2 fully saturated rings. The van der Waals surface area contributed by atoms with Gasteiger partial charge in [-0.2, -0.15) is 0 Å². The lowest BCUT2D eigenvalue weighted by atomic mass is 9.79. The summed E-state index contributed by atoms with van der Waals surface area (Å²) in [4.78, 5) is 24.7. The number of carbonyl (C=O) groups excluding carboxylic acids is 1. The number of carbonyl (C=O) groups is 2. The van der Waals surface area contributed by atoms with Crippen LogP contribution in [0.25, 0.3) is 0 Å². The fourth-order valence-corrected chi connectivity index (χ4v) is 3.93. The highest BCUT2D eigenvalue weighted by atomic mass is 32.2. The Kier molecular flexibility index (Phi) is 4.60. The molecule has 2 amide bonds. The molecule has 2 rings (SSSR count). The van der Waals surface area contributed by atoms with Crippen LogP contribution in [0.15, 0.2) is 0 Å². The van der Waals surface area contributed by atoms with Crippen molar-refractivity contribution in [1.82, 2.24) is 10.2 Å². The highest BCUT2D eigenvalue weighted by Gasteiger charge is 2.36. The molecule has 2 N–H and O–H groups in total. The Morgan fingerprint density at radius 3 is 2.63 bits per heavy atom. The van der Waals surface area contributed by atoms with E-state index in [-0.39, 0.29) is 12.1 Å². The number of thioether (sulfide) groups is 1. The summed E-state index contributed by atoms with van der Waals surface area (Å²) in [6, 6.07) is -0.701. The molecule has 2 aliphatic rings. The Balaban J connectivity index is 1.89. The number of hydrogen-bond acceptors (Lipinski definition) is 3. The van der Waals surface area contributed by atoms with Gasteiger partial charge in [0.05, 0.1) is 5.88 Å². The molecular weight excluding hydrogens is 264 g/mol. The van der Waals surface area contributed by atoms with Gasteiger partial charge in [-0.3, -0.25) is 0 Å². The number of amides is 2. The van der Waals surface area contributed by atoms with Gasteiger partial charge in [0.15, 0.2) is 0 Å². The number of aliphatic carboxylic acids is 1. The number of rotatable bonds is 2. The van der Waals surface area contributed by atoms with E-state index in [1.807, 2.05) is 0 Å². The minimum absolute atomic E-state index is 0.193. The summed E-state index contributed by atoms with van der Waals surface area (Å²) in [5.74, 6) is 1.37. The third-order valence-corrected chi connectivity index (χ3v) is 5.37. The predicted octanol–water partition coefficient (Wildman–Crippen LogP) is 1.98. The van der Waals surface area contributed by atoms with Crippen molar-refractivity contribution in [1.29, 1.82) is 0 Å². The molecule has 0 bridgehead atoms. The molecule has 1 aliphatic heterocycles. The second kappa shape index (κ2) is 6.03. The van der Waals surface area contributed by atoms with E-state index >= 15 is 0 Å². The summed E-state index contributed by atoms with van der Waals surface area (Å²) >= 11 is 1.49. The minimum Gasteiger partial charge on any atom is -0.480 e. The number of hydrogen-bond donors (Lipinski definition) is 2. The van der Waals surface area contributed by atoms with Crippen molar-refractivity contribution < 1.29 is 14.7 Å². The summed E-state index contributed by atoms with van der Waals surface area (Å²) in [5, 5.41) is 12.1. The van der Waals surface area contributed by atoms with Crippen molar-refractivity contribution >= 4 is 23.8 Å². The molecule has 5 nitrogen and oxygen atoms in total. The second-order valence-electron chi connectivity index (χ2n) is 5.74. The zero-order valence-corrected chi connectivity index (χ0v) is 12.3. The van der Waals surface area contributed by atoms with Crippen LogP contribution >= 0.6 is 11.8 Å². The molecule has 1 aliphatic carbocycles. The number of urea groups is 1. The van der Waals surface area contributed by atoms with Gasteiger partial charge in [-0.25, -0.2) is 9.59 Å². The molecule has 0 aromatic heterocycles. The van der Waals surface area contributed by atoms with Crippen molar-refractivity contribution in [2.75, 3.05) is 11.6 Å². The Morgan fingerprint density at radius 1 is 1.26 bits per heavy atom. The molecule has 0 spiro atoms. The Bertz CT molecular complexity index is 364. The Labute approximate surface area is 118 Å². The first-order valence-corrected chi connectivity index (χ1v) is 8.02. The number of nitrogens with one attached hydrogen (secondary N) is 1. The van der Waals surface area contributed by atoms with E-state index in [0.29, 0.717) is 23.5 Å². The number of carboxylic acid groups (broad SMARTS) is 1. The van der Waals surface area contributed by atoms with Gasteiger partial charge in [-0.05, 0) is 31.1 Å². The molecule has 6 heteroatoms. The Hall–Kier alpha value is -0.910. The van der Waals surface area contributed by atoms with Crippen LogP contribution in [-0.2, 0) is 4.79 Å². The van der Waals surface area contributed by atoms with E-state index in [0.717, 1.165) is 19.3 Å². The van der Waals surface area contributed by atoms with Crippen LogP contribution in [0.3, 0.4) is 0 Å². The van der Waals surface area contributed by atoms with E-state index < -0.39 is 12.0 Å². The van der Waals surface area contributed by atoms with Crippen LogP contribution in [0.2, 0.25) is 0 Å². The molecule has 4 atom stereocenters. The average molecular weight is 286 g/mol. The molecule has 1 saturated heterocycles. The van der Waals surface area contributed by atoms with Crippen LogP contribution < -0.4 is 5.32 Å². The van der Waals surface area contributed by atoms with E-state index in [1.54, 1.807) is 0 Å². The predicted molar refractivity (Wildman–Crippen MR) is 75.1 cm³/mol. The number of carboxylic acids is 1. The molecule has 19 heavy (non-hydrogen) atoms. The largest absolute Gasteiger partial charge is 0.480 e. The van der Waals surface area contributed by atoms with Gasteiger partial charge in [0.2, 0.25) is 0 Å². The normalized spacial score (nSPS) is 35.2. The first-order valence-electron chi connectivity index (χ1n) is 6.86. The zero-order chi connectivity index (χ0) is 14.0. The van der Waals surface area contributed by atoms with Crippen molar-refractivity contribution in [3.63, 3.8) is 0 Å². The fraction of sp³-hybridized carbons (Fsp3) is 0.846. The smallest absolute Gasteiger partial charge is 0.327 e. The summed E-state index contributed by atoms with van der Waals surface area (Å²) in [6.07, 6.45) is 3.12. The molecule has 1 saturated carbocycles. The van der Waals surface area contributed by atoms with Gasteiger partial charge >= 0.3 is 12.0 Å². The molecule has 108 valence electrons. The first kappa shape index (κ1) is 14.5.